The van der Waals surface area contributed by atoms with Crippen LogP contribution < -0.4 is 10.6 Å². The predicted octanol–water partition coefficient (Wildman–Crippen LogP) is 5.28. The third-order valence-electron chi connectivity index (χ3n) is 4.88. The van der Waals surface area contributed by atoms with E-state index in [1.165, 1.54) is 0 Å². The van der Waals surface area contributed by atoms with Crippen molar-refractivity contribution in [2.24, 2.45) is 7.05 Å². The molecule has 0 spiro atoms. The van der Waals surface area contributed by atoms with Gasteiger partial charge in [0.05, 0.1) is 16.7 Å². The smallest absolute Gasteiger partial charge is 0.323 e. The van der Waals surface area contributed by atoms with Crippen LogP contribution in [0.4, 0.5) is 25.0 Å². The Morgan fingerprint density at radius 3 is 2.63 bits per heavy atom. The molecule has 2 N–H and O–H groups in total. The van der Waals surface area contributed by atoms with Gasteiger partial charge in [0.2, 0.25) is 0 Å². The third-order valence-corrected chi connectivity index (χ3v) is 4.88. The van der Waals surface area contributed by atoms with Gasteiger partial charge in [-0.05, 0) is 48.4 Å². The maximum atomic E-state index is 13.7. The summed E-state index contributed by atoms with van der Waals surface area (Å²) >= 11 is 0. The molecule has 0 saturated carbocycles. The SMILES string of the molecule is Cn1c(CCc2cccc(NC(=O)Nc3cc(F)ccc3F)c2)nc2ccccc21. The van der Waals surface area contributed by atoms with Crippen molar-refractivity contribution in [2.45, 2.75) is 12.8 Å². The highest BCUT2D eigenvalue weighted by Gasteiger charge is 2.10. The lowest BCUT2D eigenvalue weighted by Crippen LogP contribution is -2.20. The van der Waals surface area contributed by atoms with E-state index >= 15 is 0 Å². The number of anilines is 2. The third kappa shape index (κ3) is 4.30. The fraction of sp³-hybridized carbons (Fsp3) is 0.130. The van der Waals surface area contributed by atoms with Crippen LogP contribution in [0.2, 0.25) is 0 Å². The number of carbonyl (C=O) groups excluding carboxylic acids is 1. The van der Waals surface area contributed by atoms with Crippen LogP contribution in [0.1, 0.15) is 11.4 Å². The highest BCUT2D eigenvalue weighted by molar-refractivity contribution is 5.99. The molecule has 30 heavy (non-hydrogen) atoms. The second-order valence-electron chi connectivity index (χ2n) is 6.98. The Hall–Kier alpha value is -3.74. The zero-order chi connectivity index (χ0) is 21.1. The maximum Gasteiger partial charge on any atom is 0.323 e. The Bertz CT molecular complexity index is 1220. The molecule has 4 rings (SSSR count). The summed E-state index contributed by atoms with van der Waals surface area (Å²) in [6, 6.07) is 17.6. The number of aromatic nitrogens is 2. The largest absolute Gasteiger partial charge is 0.331 e. The first-order valence-electron chi connectivity index (χ1n) is 9.52. The van der Waals surface area contributed by atoms with E-state index < -0.39 is 17.7 Å². The normalized spacial score (nSPS) is 10.9. The second kappa shape index (κ2) is 8.32. The first-order valence-corrected chi connectivity index (χ1v) is 9.52. The summed E-state index contributed by atoms with van der Waals surface area (Å²) in [5.74, 6) is -0.354. The summed E-state index contributed by atoms with van der Waals surface area (Å²) in [5.41, 5.74) is 3.42. The zero-order valence-electron chi connectivity index (χ0n) is 16.3. The van der Waals surface area contributed by atoms with Crippen molar-refractivity contribution in [1.82, 2.24) is 9.55 Å². The fourth-order valence-corrected chi connectivity index (χ4v) is 3.36. The number of amides is 2. The number of carbonyl (C=O) groups is 1. The average Bonchev–Trinajstić information content (AvgIpc) is 3.05. The monoisotopic (exact) mass is 406 g/mol. The van der Waals surface area contributed by atoms with E-state index in [1.807, 2.05) is 49.5 Å². The summed E-state index contributed by atoms with van der Waals surface area (Å²) < 4.78 is 29.0. The van der Waals surface area contributed by atoms with Crippen LogP contribution >= 0.6 is 0 Å². The number of halogens is 2. The highest BCUT2D eigenvalue weighted by atomic mass is 19.1. The Morgan fingerprint density at radius 1 is 0.967 bits per heavy atom. The van der Waals surface area contributed by atoms with Crippen molar-refractivity contribution in [3.05, 3.63) is 89.8 Å². The van der Waals surface area contributed by atoms with Crippen LogP contribution in [0.3, 0.4) is 0 Å². The van der Waals surface area contributed by atoms with Gasteiger partial charge in [-0.25, -0.2) is 18.6 Å². The molecular weight excluding hydrogens is 386 g/mol. The van der Waals surface area contributed by atoms with Gasteiger partial charge in [0.1, 0.15) is 17.5 Å². The molecule has 0 bridgehead atoms. The summed E-state index contributed by atoms with van der Waals surface area (Å²) in [7, 11) is 2.00. The number of imidazole rings is 1. The standard InChI is InChI=1S/C23H20F2N4O/c1-29-21-8-3-2-7-19(21)27-22(29)12-9-15-5-4-6-17(13-15)26-23(30)28-20-14-16(24)10-11-18(20)25/h2-8,10-11,13-14H,9,12H2,1H3,(H2,26,28,30). The number of para-hydroxylation sites is 2. The van der Waals surface area contributed by atoms with Gasteiger partial charge < -0.3 is 15.2 Å². The van der Waals surface area contributed by atoms with Gasteiger partial charge in [-0.15, -0.1) is 0 Å². The molecular formula is C23H20F2N4O. The minimum atomic E-state index is -0.706. The van der Waals surface area contributed by atoms with Crippen LogP contribution in [0.5, 0.6) is 0 Å². The van der Waals surface area contributed by atoms with Gasteiger partial charge in [-0.3, -0.25) is 0 Å². The number of urea groups is 1. The topological polar surface area (TPSA) is 59.0 Å². The van der Waals surface area contributed by atoms with E-state index in [0.717, 1.165) is 53.5 Å². The summed E-state index contributed by atoms with van der Waals surface area (Å²) in [6.45, 7) is 0. The van der Waals surface area contributed by atoms with Gasteiger partial charge in [0, 0.05) is 25.2 Å². The van der Waals surface area contributed by atoms with E-state index in [4.69, 9.17) is 0 Å². The van der Waals surface area contributed by atoms with E-state index in [9.17, 15) is 13.6 Å². The highest BCUT2D eigenvalue weighted by Crippen LogP contribution is 2.19. The first-order chi connectivity index (χ1) is 14.5. The van der Waals surface area contributed by atoms with Crippen LogP contribution in [-0.4, -0.2) is 15.6 Å². The number of hydrogen-bond donors (Lipinski definition) is 2. The molecule has 0 aliphatic heterocycles. The molecule has 0 aliphatic carbocycles. The van der Waals surface area contributed by atoms with Crippen molar-refractivity contribution in [2.75, 3.05) is 10.6 Å². The van der Waals surface area contributed by atoms with E-state index in [1.54, 1.807) is 6.07 Å². The van der Waals surface area contributed by atoms with Crippen LogP contribution in [0, 0.1) is 11.6 Å². The summed E-state index contributed by atoms with van der Waals surface area (Å²) in [4.78, 5) is 16.8. The van der Waals surface area contributed by atoms with Crippen molar-refractivity contribution in [1.29, 1.82) is 0 Å². The van der Waals surface area contributed by atoms with E-state index in [2.05, 4.69) is 20.2 Å². The van der Waals surface area contributed by atoms with E-state index in [-0.39, 0.29) is 5.69 Å². The molecule has 3 aromatic carbocycles. The molecule has 152 valence electrons. The van der Waals surface area contributed by atoms with Gasteiger partial charge in [-0.2, -0.15) is 0 Å². The molecule has 0 saturated heterocycles. The minimum Gasteiger partial charge on any atom is -0.331 e. The van der Waals surface area contributed by atoms with Crippen molar-refractivity contribution in [3.8, 4) is 0 Å². The fourth-order valence-electron chi connectivity index (χ4n) is 3.36. The van der Waals surface area contributed by atoms with E-state index in [0.29, 0.717) is 5.69 Å². The Balaban J connectivity index is 1.41. The van der Waals surface area contributed by atoms with Gasteiger partial charge in [0.25, 0.3) is 0 Å². The number of benzene rings is 3. The van der Waals surface area contributed by atoms with Crippen molar-refractivity contribution < 1.29 is 13.6 Å². The Labute approximate surface area is 172 Å². The lowest BCUT2D eigenvalue weighted by Gasteiger charge is -2.10. The lowest BCUT2D eigenvalue weighted by molar-refractivity contribution is 0.262. The number of nitrogens with one attached hydrogen (secondary N) is 2. The molecule has 0 aliphatic rings. The van der Waals surface area contributed by atoms with Gasteiger partial charge >= 0.3 is 6.03 Å². The number of hydrogen-bond acceptors (Lipinski definition) is 2. The maximum absolute atomic E-state index is 13.7. The quantitative estimate of drug-likeness (QED) is 0.474. The molecule has 5 nitrogen and oxygen atoms in total. The molecule has 0 fully saturated rings. The number of nitrogens with zero attached hydrogens (tertiary/aromatic N) is 2. The van der Waals surface area contributed by atoms with Gasteiger partial charge in [-0.1, -0.05) is 24.3 Å². The molecule has 2 amide bonds. The average molecular weight is 406 g/mol. The number of aryl methyl sites for hydroxylation is 3. The van der Waals surface area contributed by atoms with Crippen molar-refractivity contribution in [3.63, 3.8) is 0 Å². The van der Waals surface area contributed by atoms with Crippen molar-refractivity contribution >= 4 is 28.4 Å². The number of rotatable bonds is 5. The summed E-state index contributed by atoms with van der Waals surface area (Å²) in [5, 5.41) is 4.97. The van der Waals surface area contributed by atoms with Crippen LogP contribution in [0.15, 0.2) is 66.7 Å². The lowest BCUT2D eigenvalue weighted by atomic mass is 10.1. The van der Waals surface area contributed by atoms with Crippen LogP contribution in [0.25, 0.3) is 11.0 Å². The van der Waals surface area contributed by atoms with Crippen LogP contribution in [-0.2, 0) is 19.9 Å². The zero-order valence-corrected chi connectivity index (χ0v) is 16.3. The predicted molar refractivity (Wildman–Crippen MR) is 114 cm³/mol. The molecule has 1 heterocycles. The first kappa shape index (κ1) is 19.6. The molecule has 0 unspecified atom stereocenters. The number of fused-ring (bicyclic) bond motifs is 1. The molecule has 0 atom stereocenters. The Kier molecular flexibility index (Phi) is 5.43. The molecule has 7 heteroatoms. The second-order valence-corrected chi connectivity index (χ2v) is 6.98. The molecule has 1 aromatic heterocycles. The minimum absolute atomic E-state index is 0.217. The molecule has 0 radical (unpaired) electrons. The van der Waals surface area contributed by atoms with Gasteiger partial charge in [0.15, 0.2) is 0 Å². The molecule has 4 aromatic rings. The summed E-state index contributed by atoms with van der Waals surface area (Å²) in [6.07, 6.45) is 1.49. The Morgan fingerprint density at radius 2 is 1.80 bits per heavy atom.